The topological polar surface area (TPSA) is 451 Å². The van der Waals surface area contributed by atoms with Crippen LogP contribution in [0.4, 0.5) is 45.5 Å². The van der Waals surface area contributed by atoms with Crippen molar-refractivity contribution >= 4 is 96.4 Å². The first kappa shape index (κ1) is 51.8. The van der Waals surface area contributed by atoms with Crippen molar-refractivity contribution in [3.8, 4) is 28.8 Å². The minimum Gasteiger partial charge on any atom is -0.505 e. The number of amides is 1. The SMILES string of the molecule is NC(=O)c1nn(-c2ccc3c(O)c(/N=N/c4cc(OCCO)c(/N=N/c5ccc(NOO)cc5S(=O)(=O)O)cc4OCCO)c(SOOO)cc3c2)c(O)c1/N=N/c1ccc([N+](=O)[O-])cc1SOOO. The fourth-order valence-corrected chi connectivity index (χ4v) is 7.42. The largest absolute Gasteiger partial charge is 0.505 e. The second kappa shape index (κ2) is 23.6. The standard InChI is InChI=1S/C36H31N11O20S3/c37-35(51)32-33(43-38-22-6-3-20(47(53)54)14-28(22)68-66-64-56)36(52)46(44-32)19-2-4-21-17(11-19)12-29(69-67-65-57)31(34(21)50)42-41-25-16-26(61-9-7-48)24(15-27(25)62-10-8-49)40-39-23-5-1-18(45-63-55)13-30(23)70(58,59)60/h1-6,11-16,45,48-50,52,55-57H,7-10H2,(H2,37,51)(H,58,59,60)/b40-39+,42-41+,43-38+. The number of nitrogens with zero attached hydrogens (tertiary/aromatic N) is 9. The van der Waals surface area contributed by atoms with Crippen molar-refractivity contribution in [3.63, 3.8) is 0 Å². The van der Waals surface area contributed by atoms with Gasteiger partial charge in [0.1, 0.15) is 58.0 Å². The molecule has 1 amide bonds. The van der Waals surface area contributed by atoms with Crippen LogP contribution in [0.5, 0.6) is 23.1 Å². The van der Waals surface area contributed by atoms with E-state index in [0.29, 0.717) is 24.1 Å². The van der Waals surface area contributed by atoms with Gasteiger partial charge in [0.2, 0.25) is 5.88 Å². The molecule has 368 valence electrons. The second-order valence-corrected chi connectivity index (χ2v) is 15.9. The summed E-state index contributed by atoms with van der Waals surface area (Å²) < 4.78 is 55.2. The van der Waals surface area contributed by atoms with Crippen LogP contribution in [0.2, 0.25) is 0 Å². The van der Waals surface area contributed by atoms with Crippen LogP contribution in [0, 0.1) is 10.1 Å². The van der Waals surface area contributed by atoms with E-state index in [-0.39, 0.29) is 85.1 Å². The van der Waals surface area contributed by atoms with Gasteiger partial charge in [-0.05, 0) is 53.9 Å². The Balaban J connectivity index is 1.40. The third kappa shape index (κ3) is 12.4. The first-order valence-electron chi connectivity index (χ1n) is 18.7. The average molecular weight is 1030 g/mol. The number of hydrogen-bond donors (Lipinski definition) is 10. The number of benzene rings is 5. The predicted octanol–water partition coefficient (Wildman–Crippen LogP) is 7.35. The monoisotopic (exact) mass is 1030 g/mol. The smallest absolute Gasteiger partial charge is 0.296 e. The summed E-state index contributed by atoms with van der Waals surface area (Å²) in [6.45, 7) is -1.62. The third-order valence-corrected chi connectivity index (χ3v) is 10.9. The van der Waals surface area contributed by atoms with Crippen molar-refractivity contribution in [3.05, 3.63) is 88.6 Å². The van der Waals surface area contributed by atoms with Crippen LogP contribution < -0.4 is 20.7 Å². The van der Waals surface area contributed by atoms with E-state index < -0.39 is 67.8 Å². The van der Waals surface area contributed by atoms with Crippen molar-refractivity contribution in [1.29, 1.82) is 0 Å². The number of aromatic hydroxyl groups is 2. The maximum absolute atomic E-state index is 12.5. The quantitative estimate of drug-likeness (QED) is 0.00707. The van der Waals surface area contributed by atoms with Gasteiger partial charge >= 0.3 is 0 Å². The number of azo groups is 3. The van der Waals surface area contributed by atoms with E-state index in [1.54, 1.807) is 0 Å². The molecule has 0 fully saturated rings. The molecule has 0 bridgehead atoms. The van der Waals surface area contributed by atoms with Gasteiger partial charge in [-0.25, -0.2) is 21.3 Å². The minimum atomic E-state index is -4.92. The number of rotatable bonds is 24. The summed E-state index contributed by atoms with van der Waals surface area (Å²) in [6.07, 6.45) is 0. The maximum atomic E-state index is 12.5. The number of aromatic nitrogens is 2. The molecule has 6 rings (SSSR count). The molecule has 31 nitrogen and oxygen atoms in total. The third-order valence-electron chi connectivity index (χ3n) is 8.73. The molecule has 0 atom stereocenters. The molecular formula is C36H31N11O20S3. The summed E-state index contributed by atoms with van der Waals surface area (Å²) in [5.74, 6) is -2.77. The first-order valence-corrected chi connectivity index (χ1v) is 21.6. The average Bonchev–Trinajstić information content (AvgIpc) is 3.67. The Morgan fingerprint density at radius 3 is 1.97 bits per heavy atom. The molecule has 0 aliphatic rings. The minimum absolute atomic E-state index is 0.0379. The Hall–Kier alpha value is -7.55. The lowest BCUT2D eigenvalue weighted by Crippen LogP contribution is -2.12. The number of anilines is 1. The zero-order chi connectivity index (χ0) is 50.5. The van der Waals surface area contributed by atoms with Gasteiger partial charge in [-0.15, -0.1) is 44.3 Å². The maximum Gasteiger partial charge on any atom is 0.296 e. The summed E-state index contributed by atoms with van der Waals surface area (Å²) in [4.78, 5) is 25.9. The molecule has 0 saturated heterocycles. The highest BCUT2D eigenvalue weighted by molar-refractivity contribution is 7.95. The first-order chi connectivity index (χ1) is 33.6. The van der Waals surface area contributed by atoms with Crippen LogP contribution in [-0.4, -0.2) is 96.2 Å². The Morgan fingerprint density at radius 2 is 1.37 bits per heavy atom. The van der Waals surface area contributed by atoms with Crippen LogP contribution in [0.25, 0.3) is 16.5 Å². The number of phenols is 1. The van der Waals surface area contributed by atoms with Crippen LogP contribution in [-0.2, 0) is 33.9 Å². The lowest BCUT2D eigenvalue weighted by atomic mass is 10.1. The molecule has 5 aromatic carbocycles. The second-order valence-electron chi connectivity index (χ2n) is 13.0. The van der Waals surface area contributed by atoms with E-state index in [4.69, 9.17) is 31.0 Å². The van der Waals surface area contributed by atoms with Gasteiger partial charge in [0.05, 0.1) is 63.4 Å². The van der Waals surface area contributed by atoms with Crippen molar-refractivity contribution in [1.82, 2.24) is 9.78 Å². The fraction of sp³-hybridized carbons (Fsp3) is 0.111. The molecule has 0 aliphatic carbocycles. The van der Waals surface area contributed by atoms with Gasteiger partial charge in [-0.2, -0.15) is 18.2 Å². The molecular weight excluding hydrogens is 1000 g/mol. The van der Waals surface area contributed by atoms with Gasteiger partial charge in [-0.1, -0.05) is 10.1 Å². The van der Waals surface area contributed by atoms with Crippen molar-refractivity contribution in [2.24, 2.45) is 36.4 Å². The van der Waals surface area contributed by atoms with E-state index in [1.807, 2.05) is 5.48 Å². The Morgan fingerprint density at radius 1 is 0.771 bits per heavy atom. The van der Waals surface area contributed by atoms with Crippen molar-refractivity contribution in [2.75, 3.05) is 31.9 Å². The molecule has 6 aromatic rings. The van der Waals surface area contributed by atoms with Gasteiger partial charge < -0.3 is 35.6 Å². The number of non-ortho nitro benzene ring substituents is 1. The Labute approximate surface area is 397 Å². The number of ether oxygens (including phenoxy) is 2. The number of nitro groups is 1. The Kier molecular flexibility index (Phi) is 17.5. The molecule has 11 N–H and O–H groups in total. The fourth-order valence-electron chi connectivity index (χ4n) is 5.81. The van der Waals surface area contributed by atoms with E-state index in [0.717, 1.165) is 35.0 Å². The summed E-state index contributed by atoms with van der Waals surface area (Å²) in [7, 11) is -4.92. The van der Waals surface area contributed by atoms with Crippen molar-refractivity contribution < 1.29 is 92.1 Å². The highest BCUT2D eigenvalue weighted by Gasteiger charge is 2.25. The van der Waals surface area contributed by atoms with Gasteiger partial charge in [0.15, 0.2) is 17.1 Å². The van der Waals surface area contributed by atoms with E-state index in [2.05, 4.69) is 59.5 Å². The number of carbonyl (C=O) groups is 1. The lowest BCUT2D eigenvalue weighted by Gasteiger charge is -2.13. The van der Waals surface area contributed by atoms with E-state index in [1.165, 1.54) is 42.5 Å². The number of carbonyl (C=O) groups excluding carboxylic acids is 1. The van der Waals surface area contributed by atoms with Gasteiger partial charge in [0, 0.05) is 29.7 Å². The zero-order valence-corrected chi connectivity index (χ0v) is 37.0. The Bertz CT molecular complexity index is 3120. The number of fused-ring (bicyclic) bond motifs is 1. The summed E-state index contributed by atoms with van der Waals surface area (Å²) in [5.41, 5.74) is 4.83. The van der Waals surface area contributed by atoms with Gasteiger partial charge in [0.25, 0.3) is 21.7 Å². The molecule has 0 spiro atoms. The van der Waals surface area contributed by atoms with Crippen LogP contribution in [0.15, 0.2) is 118 Å². The summed E-state index contributed by atoms with van der Waals surface area (Å²) in [5, 5.41) is 115. The molecule has 0 aliphatic heterocycles. The number of aliphatic hydroxyl groups excluding tert-OH is 2. The summed E-state index contributed by atoms with van der Waals surface area (Å²) in [6, 6.07) is 14.2. The van der Waals surface area contributed by atoms with Crippen LogP contribution >= 0.6 is 24.1 Å². The number of phenolic OH excluding ortho intramolecular Hbond substituents is 1. The molecule has 1 aromatic heterocycles. The number of nitrogens with one attached hydrogen (secondary N) is 1. The summed E-state index contributed by atoms with van der Waals surface area (Å²) >= 11 is 0.659. The molecule has 0 saturated carbocycles. The number of nitro benzene ring substituents is 1. The van der Waals surface area contributed by atoms with E-state index >= 15 is 0 Å². The number of nitrogens with two attached hydrogens (primary N) is 1. The number of aliphatic hydroxyl groups is 2. The highest BCUT2D eigenvalue weighted by Crippen LogP contribution is 2.47. The molecule has 1 heterocycles. The normalized spacial score (nSPS) is 11.9. The molecule has 34 heteroatoms. The number of primary amides is 1. The van der Waals surface area contributed by atoms with Crippen molar-refractivity contribution in [2.45, 2.75) is 14.7 Å². The van der Waals surface area contributed by atoms with E-state index in [9.17, 15) is 48.3 Å². The zero-order valence-electron chi connectivity index (χ0n) is 34.6. The number of hydrogen-bond acceptors (Lipinski definition) is 29. The molecule has 70 heavy (non-hydrogen) atoms. The van der Waals surface area contributed by atoms with Crippen LogP contribution in [0.3, 0.4) is 0 Å². The molecule has 0 radical (unpaired) electrons. The highest BCUT2D eigenvalue weighted by atomic mass is 32.2. The van der Waals surface area contributed by atoms with Crippen LogP contribution in [0.1, 0.15) is 10.5 Å². The molecule has 0 unspecified atom stereocenters. The predicted molar refractivity (Wildman–Crippen MR) is 235 cm³/mol. The lowest BCUT2D eigenvalue weighted by molar-refractivity contribution is -0.432. The van der Waals surface area contributed by atoms with Gasteiger partial charge in [-0.3, -0.25) is 19.5 Å².